The monoisotopic (exact) mass is 332 g/mol. The maximum absolute atomic E-state index is 12.4. The third-order valence-corrected chi connectivity index (χ3v) is 7.05. The van der Waals surface area contributed by atoms with Crippen molar-refractivity contribution < 1.29 is 16.8 Å². The fraction of sp³-hybridized carbons (Fsp3) is 0.538. The molecule has 1 saturated heterocycles. The van der Waals surface area contributed by atoms with Crippen molar-refractivity contribution in [1.29, 1.82) is 0 Å². The largest absolute Gasteiger partial charge is 0.326 e. The van der Waals surface area contributed by atoms with Gasteiger partial charge < -0.3 is 5.73 Å². The molecule has 0 atom stereocenters. The van der Waals surface area contributed by atoms with Gasteiger partial charge in [-0.3, -0.25) is 0 Å². The number of benzene rings is 1. The summed E-state index contributed by atoms with van der Waals surface area (Å²) in [6.07, 6.45) is 0.352. The molecule has 0 amide bonds. The van der Waals surface area contributed by atoms with Gasteiger partial charge in [0.15, 0.2) is 9.84 Å². The average molecular weight is 332 g/mol. The Hall–Kier alpha value is -0.960. The van der Waals surface area contributed by atoms with E-state index >= 15 is 0 Å². The number of nitrogens with two attached hydrogens (primary N) is 1. The first-order valence-corrected chi connectivity index (χ1v) is 10.2. The van der Waals surface area contributed by atoms with Crippen LogP contribution in [0.4, 0.5) is 0 Å². The predicted octanol–water partition coefficient (Wildman–Crippen LogP) is 0.0956. The molecule has 1 aliphatic heterocycles. The van der Waals surface area contributed by atoms with E-state index in [0.29, 0.717) is 18.5 Å². The van der Waals surface area contributed by atoms with Gasteiger partial charge in [0.2, 0.25) is 10.0 Å². The van der Waals surface area contributed by atoms with Crippen molar-refractivity contribution in [1.82, 2.24) is 4.31 Å². The zero-order valence-electron chi connectivity index (χ0n) is 11.7. The number of nitrogens with zero attached hydrogens (tertiary/aromatic N) is 1. The normalized spacial score (nSPS) is 20.0. The van der Waals surface area contributed by atoms with Crippen LogP contribution in [0.3, 0.4) is 0 Å². The molecule has 118 valence electrons. The van der Waals surface area contributed by atoms with E-state index in [0.717, 1.165) is 5.56 Å². The topological polar surface area (TPSA) is 97.5 Å². The molecular weight excluding hydrogens is 312 g/mol. The standard InChI is InChI=1S/C13H20N2O4S2/c14-10-12-3-1-4-13(9-12)11-21(18,19)15-5-2-7-20(16,17)8-6-15/h1,3-4,9H,2,5-8,10-11,14H2. The van der Waals surface area contributed by atoms with Gasteiger partial charge in [0, 0.05) is 19.6 Å². The van der Waals surface area contributed by atoms with Crippen molar-refractivity contribution in [2.24, 2.45) is 5.73 Å². The highest BCUT2D eigenvalue weighted by atomic mass is 32.2. The van der Waals surface area contributed by atoms with Gasteiger partial charge in [-0.05, 0) is 17.5 Å². The number of hydrogen-bond donors (Lipinski definition) is 1. The second kappa shape index (κ2) is 6.43. The van der Waals surface area contributed by atoms with Crippen LogP contribution in [-0.4, -0.2) is 45.7 Å². The average Bonchev–Trinajstić information content (AvgIpc) is 2.60. The Labute approximate surface area is 125 Å². The van der Waals surface area contributed by atoms with Gasteiger partial charge in [-0.1, -0.05) is 24.3 Å². The van der Waals surface area contributed by atoms with Crippen molar-refractivity contribution >= 4 is 19.9 Å². The van der Waals surface area contributed by atoms with Crippen molar-refractivity contribution in [3.8, 4) is 0 Å². The van der Waals surface area contributed by atoms with Gasteiger partial charge >= 0.3 is 0 Å². The summed E-state index contributed by atoms with van der Waals surface area (Å²) in [6, 6.07) is 7.13. The summed E-state index contributed by atoms with van der Waals surface area (Å²) in [7, 11) is -6.63. The van der Waals surface area contributed by atoms with Crippen molar-refractivity contribution in [2.45, 2.75) is 18.7 Å². The molecule has 1 aromatic rings. The number of sulfonamides is 1. The summed E-state index contributed by atoms with van der Waals surface area (Å²) in [4.78, 5) is 0. The van der Waals surface area contributed by atoms with Gasteiger partial charge in [0.1, 0.15) is 0 Å². The lowest BCUT2D eigenvalue weighted by Gasteiger charge is -2.19. The molecule has 0 unspecified atom stereocenters. The zero-order chi connectivity index (χ0) is 15.5. The summed E-state index contributed by atoms with van der Waals surface area (Å²) >= 11 is 0. The van der Waals surface area contributed by atoms with E-state index < -0.39 is 19.9 Å². The predicted molar refractivity (Wildman–Crippen MR) is 81.8 cm³/mol. The van der Waals surface area contributed by atoms with Gasteiger partial charge in [-0.25, -0.2) is 21.1 Å². The third-order valence-electron chi connectivity index (χ3n) is 3.48. The fourth-order valence-electron chi connectivity index (χ4n) is 2.34. The summed E-state index contributed by atoms with van der Waals surface area (Å²) in [5.41, 5.74) is 7.10. The summed E-state index contributed by atoms with van der Waals surface area (Å²) in [5, 5.41) is 0. The molecular formula is C13H20N2O4S2. The molecule has 0 aliphatic carbocycles. The van der Waals surface area contributed by atoms with Crippen LogP contribution >= 0.6 is 0 Å². The Morgan fingerprint density at radius 1 is 1.14 bits per heavy atom. The maximum atomic E-state index is 12.4. The van der Waals surface area contributed by atoms with E-state index in [-0.39, 0.29) is 30.3 Å². The van der Waals surface area contributed by atoms with E-state index in [1.54, 1.807) is 18.2 Å². The molecule has 0 saturated carbocycles. The highest BCUT2D eigenvalue weighted by molar-refractivity contribution is 7.91. The number of sulfone groups is 1. The Balaban J connectivity index is 2.14. The number of hydrogen-bond acceptors (Lipinski definition) is 5. The van der Waals surface area contributed by atoms with Gasteiger partial charge in [0.05, 0.1) is 17.3 Å². The first-order chi connectivity index (χ1) is 9.82. The highest BCUT2D eigenvalue weighted by Gasteiger charge is 2.27. The lowest BCUT2D eigenvalue weighted by atomic mass is 10.1. The molecule has 0 spiro atoms. The van der Waals surface area contributed by atoms with E-state index in [4.69, 9.17) is 5.73 Å². The van der Waals surface area contributed by atoms with Crippen LogP contribution in [0.15, 0.2) is 24.3 Å². The second-order valence-electron chi connectivity index (χ2n) is 5.18. The van der Waals surface area contributed by atoms with Crippen molar-refractivity contribution in [2.75, 3.05) is 24.6 Å². The highest BCUT2D eigenvalue weighted by Crippen LogP contribution is 2.15. The minimum atomic E-state index is -3.51. The van der Waals surface area contributed by atoms with E-state index in [1.807, 2.05) is 6.07 Å². The molecule has 0 aromatic heterocycles. The van der Waals surface area contributed by atoms with Gasteiger partial charge in [-0.15, -0.1) is 0 Å². The van der Waals surface area contributed by atoms with E-state index in [2.05, 4.69) is 0 Å². The van der Waals surface area contributed by atoms with Crippen molar-refractivity contribution in [3.05, 3.63) is 35.4 Å². The molecule has 1 heterocycles. The minimum Gasteiger partial charge on any atom is -0.326 e. The van der Waals surface area contributed by atoms with Crippen molar-refractivity contribution in [3.63, 3.8) is 0 Å². The molecule has 1 aliphatic rings. The van der Waals surface area contributed by atoms with Crippen LogP contribution in [0.2, 0.25) is 0 Å². The van der Waals surface area contributed by atoms with Gasteiger partial charge in [0.25, 0.3) is 0 Å². The third kappa shape index (κ3) is 4.50. The molecule has 6 nitrogen and oxygen atoms in total. The second-order valence-corrected chi connectivity index (χ2v) is 9.46. The van der Waals surface area contributed by atoms with Crippen LogP contribution in [0, 0.1) is 0 Å². The molecule has 2 N–H and O–H groups in total. The maximum Gasteiger partial charge on any atom is 0.218 e. The first-order valence-electron chi connectivity index (χ1n) is 6.78. The molecule has 2 rings (SSSR count). The quantitative estimate of drug-likeness (QED) is 0.843. The Morgan fingerprint density at radius 2 is 1.86 bits per heavy atom. The lowest BCUT2D eigenvalue weighted by molar-refractivity contribution is 0.434. The molecule has 0 bridgehead atoms. The van der Waals surface area contributed by atoms with Crippen LogP contribution < -0.4 is 5.73 Å². The molecule has 0 radical (unpaired) electrons. The summed E-state index contributed by atoms with van der Waals surface area (Å²) in [6.45, 7) is 0.662. The summed E-state index contributed by atoms with van der Waals surface area (Å²) in [5.74, 6) is -0.169. The zero-order valence-corrected chi connectivity index (χ0v) is 13.4. The Bertz CT molecular complexity index is 699. The van der Waals surface area contributed by atoms with Gasteiger partial charge in [-0.2, -0.15) is 0 Å². The van der Waals surface area contributed by atoms with E-state index in [9.17, 15) is 16.8 Å². The Morgan fingerprint density at radius 3 is 2.57 bits per heavy atom. The van der Waals surface area contributed by atoms with Crippen LogP contribution in [0.5, 0.6) is 0 Å². The smallest absolute Gasteiger partial charge is 0.218 e. The first kappa shape index (κ1) is 16.4. The number of rotatable bonds is 4. The van der Waals surface area contributed by atoms with E-state index in [1.165, 1.54) is 4.31 Å². The van der Waals surface area contributed by atoms with Crippen LogP contribution in [0.1, 0.15) is 17.5 Å². The molecule has 1 aromatic carbocycles. The lowest BCUT2D eigenvalue weighted by Crippen LogP contribution is -2.34. The molecule has 1 fully saturated rings. The minimum absolute atomic E-state index is 0.0429. The molecule has 21 heavy (non-hydrogen) atoms. The SMILES string of the molecule is NCc1cccc(CS(=O)(=O)N2CCCS(=O)(=O)CC2)c1. The van der Waals surface area contributed by atoms with Crippen LogP contribution in [-0.2, 0) is 32.2 Å². The Kier molecular flexibility index (Phi) is 5.03. The fourth-order valence-corrected chi connectivity index (χ4v) is 5.29. The summed E-state index contributed by atoms with van der Waals surface area (Å²) < 4.78 is 49.2. The van der Waals surface area contributed by atoms with Crippen LogP contribution in [0.25, 0.3) is 0 Å². The molecule has 8 heteroatoms.